The first-order valence-electron chi connectivity index (χ1n) is 13.9. The van der Waals surface area contributed by atoms with Crippen LogP contribution in [0.1, 0.15) is 35.6 Å². The van der Waals surface area contributed by atoms with Crippen molar-refractivity contribution in [1.82, 2.24) is 9.80 Å². The van der Waals surface area contributed by atoms with E-state index in [1.165, 1.54) is 53.4 Å². The fourth-order valence-corrected chi connectivity index (χ4v) is 7.63. The fraction of sp³-hybridized carbons (Fsp3) is 0.419. The molecule has 0 bridgehead atoms. The van der Waals surface area contributed by atoms with Gasteiger partial charge in [0, 0.05) is 45.8 Å². The summed E-state index contributed by atoms with van der Waals surface area (Å²) in [6.07, 6.45) is 0.327. The lowest BCUT2D eigenvalue weighted by atomic mass is 9.84. The molecule has 228 valence electrons. The Morgan fingerprint density at radius 3 is 2.49 bits per heavy atom. The number of benzene rings is 2. The summed E-state index contributed by atoms with van der Waals surface area (Å²) in [6, 6.07) is 13.0. The maximum Gasteiger partial charge on any atom is 0.415 e. The Bertz CT molecular complexity index is 1520. The summed E-state index contributed by atoms with van der Waals surface area (Å²) in [5.41, 5.74) is -0.166. The summed E-state index contributed by atoms with van der Waals surface area (Å²) < 4.78 is 35.5. The molecule has 1 fully saturated rings. The molecule has 3 atom stereocenters. The number of hydrogen-bond acceptors (Lipinski definition) is 6. The molecule has 0 spiro atoms. The molecule has 1 saturated carbocycles. The average Bonchev–Trinajstić information content (AvgIpc) is 3.69. The molecule has 8 nitrogen and oxygen atoms in total. The van der Waals surface area contributed by atoms with Crippen molar-refractivity contribution in [2.45, 2.75) is 49.3 Å². The number of halogens is 2. The van der Waals surface area contributed by atoms with E-state index in [9.17, 15) is 14.7 Å². The van der Waals surface area contributed by atoms with E-state index in [-0.39, 0.29) is 28.9 Å². The Labute approximate surface area is 256 Å². The standard InChI is InChI=1S/C31H36F2N4O4SSi/c1-30(23-15-21(9-12-24(23)32)16-25(33)22-10-7-20(18-34)8-11-22)26-17-31(26,27(38)36(2)3)42-28(35-30)37(29(39)40)19-41-13-14-43(4,5)6/h7-12,15-16,26H,13-14,17,19H2,1-6H3,(H,39,40)/b25-16-/t26-,30+,31-/m0/s1. The maximum atomic E-state index is 15.6. The number of amidine groups is 1. The molecule has 0 unspecified atom stereocenters. The lowest BCUT2D eigenvalue weighted by molar-refractivity contribution is -0.129. The maximum absolute atomic E-state index is 15.6. The summed E-state index contributed by atoms with van der Waals surface area (Å²) in [4.78, 5) is 33.1. The number of aliphatic imine (C=N–C) groups is 1. The molecule has 2 aromatic carbocycles. The van der Waals surface area contributed by atoms with Crippen molar-refractivity contribution < 1.29 is 28.2 Å². The summed E-state index contributed by atoms with van der Waals surface area (Å²) in [5, 5.41) is 19.2. The van der Waals surface area contributed by atoms with Gasteiger partial charge in [-0.15, -0.1) is 0 Å². The molecule has 43 heavy (non-hydrogen) atoms. The zero-order valence-corrected chi connectivity index (χ0v) is 27.0. The molecule has 2 aliphatic rings. The van der Waals surface area contributed by atoms with E-state index < -0.39 is 42.0 Å². The number of hydrogen-bond donors (Lipinski definition) is 1. The van der Waals surface area contributed by atoms with E-state index >= 15 is 8.78 Å². The number of carbonyl (C=O) groups excluding carboxylic acids is 1. The number of rotatable bonds is 9. The highest BCUT2D eigenvalue weighted by Crippen LogP contribution is 2.67. The molecule has 4 rings (SSSR count). The number of nitriles is 1. The van der Waals surface area contributed by atoms with Crippen LogP contribution in [0, 0.1) is 23.1 Å². The summed E-state index contributed by atoms with van der Waals surface area (Å²) in [6.45, 7) is 8.37. The van der Waals surface area contributed by atoms with Gasteiger partial charge in [0.1, 0.15) is 23.1 Å². The third kappa shape index (κ3) is 6.84. The Morgan fingerprint density at radius 1 is 1.23 bits per heavy atom. The minimum Gasteiger partial charge on any atom is -0.465 e. The molecule has 0 aromatic heterocycles. The van der Waals surface area contributed by atoms with E-state index in [1.807, 2.05) is 6.07 Å². The van der Waals surface area contributed by atoms with Gasteiger partial charge in [-0.2, -0.15) is 5.26 Å². The molecule has 2 aromatic rings. The second kappa shape index (κ2) is 12.2. The van der Waals surface area contributed by atoms with Gasteiger partial charge >= 0.3 is 6.09 Å². The van der Waals surface area contributed by atoms with Crippen molar-refractivity contribution in [2.75, 3.05) is 27.4 Å². The van der Waals surface area contributed by atoms with Crippen LogP contribution < -0.4 is 0 Å². The average molecular weight is 627 g/mol. The highest BCUT2D eigenvalue weighted by Gasteiger charge is 2.71. The molecule has 0 saturated heterocycles. The van der Waals surface area contributed by atoms with E-state index in [2.05, 4.69) is 19.6 Å². The Hall–Kier alpha value is -3.53. The van der Waals surface area contributed by atoms with Gasteiger partial charge in [0.15, 0.2) is 5.17 Å². The molecule has 0 radical (unpaired) electrons. The molecule has 1 N–H and O–H groups in total. The fourth-order valence-electron chi connectivity index (χ4n) is 5.17. The van der Waals surface area contributed by atoms with E-state index in [0.29, 0.717) is 24.2 Å². The SMILES string of the molecule is CN(C)C(=O)[C@]12C[C@H]1[C@@](C)(c1cc(/C=C(\F)c3ccc(C#N)cc3)ccc1F)N=C(N(COCC[Si](C)(C)C)C(=O)O)S2. The highest BCUT2D eigenvalue weighted by atomic mass is 32.2. The third-order valence-electron chi connectivity index (χ3n) is 7.76. The van der Waals surface area contributed by atoms with E-state index in [1.54, 1.807) is 21.0 Å². The highest BCUT2D eigenvalue weighted by molar-refractivity contribution is 8.16. The quantitative estimate of drug-likeness (QED) is 0.145. The van der Waals surface area contributed by atoms with Crippen LogP contribution in [0.15, 0.2) is 47.5 Å². The van der Waals surface area contributed by atoms with Crippen LogP contribution in [0.5, 0.6) is 0 Å². The first-order valence-corrected chi connectivity index (χ1v) is 18.4. The Kier molecular flexibility index (Phi) is 9.20. The third-order valence-corrected chi connectivity index (χ3v) is 10.9. The van der Waals surface area contributed by atoms with Gasteiger partial charge in [0.05, 0.1) is 17.2 Å². The molecule has 2 amide bonds. The second-order valence-corrected chi connectivity index (χ2v) is 19.4. The Balaban J connectivity index is 1.74. The molecular weight excluding hydrogens is 591 g/mol. The molecule has 1 heterocycles. The monoisotopic (exact) mass is 626 g/mol. The van der Waals surface area contributed by atoms with Gasteiger partial charge in [-0.25, -0.2) is 18.5 Å². The first-order chi connectivity index (χ1) is 20.1. The number of carboxylic acid groups (broad SMARTS) is 1. The van der Waals surface area contributed by atoms with Gasteiger partial charge in [0.25, 0.3) is 0 Å². The number of amides is 2. The normalized spacial score (nSPS) is 23.1. The zero-order valence-electron chi connectivity index (χ0n) is 25.1. The van der Waals surface area contributed by atoms with Crippen molar-refractivity contribution >= 4 is 48.9 Å². The van der Waals surface area contributed by atoms with Crippen molar-refractivity contribution in [3.8, 4) is 6.07 Å². The molecular formula is C31H36F2N4O4SSi. The Morgan fingerprint density at radius 2 is 1.91 bits per heavy atom. The minimum atomic E-state index is -1.42. The molecule has 1 aliphatic heterocycles. The molecule has 12 heteroatoms. The number of nitrogens with zero attached hydrogens (tertiary/aromatic N) is 4. The van der Waals surface area contributed by atoms with Crippen LogP contribution in [-0.4, -0.2) is 72.3 Å². The summed E-state index contributed by atoms with van der Waals surface area (Å²) in [5.74, 6) is -1.81. The summed E-state index contributed by atoms with van der Waals surface area (Å²) in [7, 11) is 1.84. The van der Waals surface area contributed by atoms with Crippen LogP contribution in [0.2, 0.25) is 25.7 Å². The minimum absolute atomic E-state index is 0.0519. The zero-order chi connectivity index (χ0) is 31.7. The topological polar surface area (TPSA) is 106 Å². The lowest BCUT2D eigenvalue weighted by Gasteiger charge is -2.37. The van der Waals surface area contributed by atoms with Crippen molar-refractivity contribution in [1.29, 1.82) is 5.26 Å². The van der Waals surface area contributed by atoms with Gasteiger partial charge in [-0.3, -0.25) is 9.79 Å². The predicted octanol–water partition coefficient (Wildman–Crippen LogP) is 6.62. The summed E-state index contributed by atoms with van der Waals surface area (Å²) >= 11 is 1.08. The largest absolute Gasteiger partial charge is 0.465 e. The van der Waals surface area contributed by atoms with Crippen LogP contribution in [-0.2, 0) is 15.1 Å². The first kappa shape index (κ1) is 32.4. The van der Waals surface area contributed by atoms with Gasteiger partial charge in [-0.1, -0.05) is 49.6 Å². The predicted molar refractivity (Wildman–Crippen MR) is 167 cm³/mol. The number of thioether (sulfide) groups is 1. The van der Waals surface area contributed by atoms with Crippen LogP contribution in [0.3, 0.4) is 0 Å². The van der Waals surface area contributed by atoms with Crippen molar-refractivity contribution in [3.63, 3.8) is 0 Å². The van der Waals surface area contributed by atoms with E-state index in [0.717, 1.165) is 22.7 Å². The van der Waals surface area contributed by atoms with Crippen molar-refractivity contribution in [2.24, 2.45) is 10.9 Å². The van der Waals surface area contributed by atoms with Crippen LogP contribution in [0.4, 0.5) is 13.6 Å². The van der Waals surface area contributed by atoms with Crippen LogP contribution >= 0.6 is 11.8 Å². The lowest BCUT2D eigenvalue weighted by Crippen LogP contribution is -2.47. The second-order valence-electron chi connectivity index (χ2n) is 12.5. The van der Waals surface area contributed by atoms with Crippen molar-refractivity contribution in [3.05, 3.63) is 70.5 Å². The molecule has 1 aliphatic carbocycles. The number of ether oxygens (including phenoxy) is 1. The van der Waals surface area contributed by atoms with Gasteiger partial charge in [0.2, 0.25) is 5.91 Å². The smallest absolute Gasteiger partial charge is 0.415 e. The van der Waals surface area contributed by atoms with Gasteiger partial charge < -0.3 is 14.7 Å². The number of fused-ring (bicyclic) bond motifs is 1. The van der Waals surface area contributed by atoms with E-state index in [4.69, 9.17) is 15.0 Å². The number of carbonyl (C=O) groups is 2. The van der Waals surface area contributed by atoms with Gasteiger partial charge in [-0.05, 0) is 55.3 Å². The van der Waals surface area contributed by atoms with Crippen LogP contribution in [0.25, 0.3) is 11.9 Å².